The van der Waals surface area contributed by atoms with E-state index in [1.807, 2.05) is 12.1 Å². The molecular formula is C16H23BrClN3O. The predicted molar refractivity (Wildman–Crippen MR) is 94.3 cm³/mol. The first-order valence-corrected chi connectivity index (χ1v) is 8.51. The molecule has 1 unspecified atom stereocenters. The Morgan fingerprint density at radius 2 is 1.82 bits per heavy atom. The molecular weight excluding hydrogens is 366 g/mol. The van der Waals surface area contributed by atoms with Crippen LogP contribution in [-0.4, -0.2) is 43.5 Å². The standard InChI is InChI=1S/C16H22BrN3O.ClH/c17-14-3-1-13(2-4-14)15-16(21)19-9-10-20(15)11-12-5-7-18-8-6-12;/h1-4,12,15,18H,5-11H2,(H,19,21);1H. The molecule has 2 heterocycles. The molecule has 0 radical (unpaired) electrons. The second-order valence-electron chi connectivity index (χ2n) is 5.93. The molecule has 6 heteroatoms. The molecule has 2 aliphatic rings. The lowest BCUT2D eigenvalue weighted by molar-refractivity contribution is -0.129. The van der Waals surface area contributed by atoms with Crippen LogP contribution in [0.3, 0.4) is 0 Å². The fourth-order valence-electron chi connectivity index (χ4n) is 3.31. The summed E-state index contributed by atoms with van der Waals surface area (Å²) in [5, 5.41) is 6.41. The van der Waals surface area contributed by atoms with Crippen molar-refractivity contribution >= 4 is 34.2 Å². The monoisotopic (exact) mass is 387 g/mol. The van der Waals surface area contributed by atoms with E-state index in [1.54, 1.807) is 0 Å². The van der Waals surface area contributed by atoms with Crippen LogP contribution in [0.5, 0.6) is 0 Å². The smallest absolute Gasteiger partial charge is 0.242 e. The van der Waals surface area contributed by atoms with Crippen molar-refractivity contribution in [2.75, 3.05) is 32.7 Å². The van der Waals surface area contributed by atoms with E-state index in [2.05, 4.69) is 43.6 Å². The fraction of sp³-hybridized carbons (Fsp3) is 0.562. The van der Waals surface area contributed by atoms with E-state index in [-0.39, 0.29) is 24.4 Å². The minimum absolute atomic E-state index is 0. The molecule has 0 aliphatic carbocycles. The average molecular weight is 389 g/mol. The summed E-state index contributed by atoms with van der Waals surface area (Å²) in [7, 11) is 0. The first-order chi connectivity index (χ1) is 10.2. The van der Waals surface area contributed by atoms with Gasteiger partial charge in [-0.1, -0.05) is 28.1 Å². The number of nitrogens with one attached hydrogen (secondary N) is 2. The minimum Gasteiger partial charge on any atom is -0.353 e. The maximum absolute atomic E-state index is 12.4. The van der Waals surface area contributed by atoms with Crippen LogP contribution in [0.4, 0.5) is 0 Å². The van der Waals surface area contributed by atoms with Crippen molar-refractivity contribution in [1.29, 1.82) is 0 Å². The van der Waals surface area contributed by atoms with Crippen LogP contribution in [-0.2, 0) is 4.79 Å². The highest BCUT2D eigenvalue weighted by atomic mass is 79.9. The number of halogens is 2. The zero-order valence-corrected chi connectivity index (χ0v) is 15.0. The van der Waals surface area contributed by atoms with Crippen LogP contribution in [0, 0.1) is 5.92 Å². The van der Waals surface area contributed by atoms with E-state index in [1.165, 1.54) is 12.8 Å². The zero-order valence-electron chi connectivity index (χ0n) is 12.6. The van der Waals surface area contributed by atoms with Crippen LogP contribution < -0.4 is 10.6 Å². The molecule has 0 bridgehead atoms. The SMILES string of the molecule is Cl.O=C1NCCN(CC2CCNCC2)C1c1ccc(Br)cc1. The minimum atomic E-state index is -0.137. The van der Waals surface area contributed by atoms with Crippen molar-refractivity contribution in [3.05, 3.63) is 34.3 Å². The number of hydrogen-bond donors (Lipinski definition) is 2. The largest absolute Gasteiger partial charge is 0.353 e. The summed E-state index contributed by atoms with van der Waals surface area (Å²) in [6.07, 6.45) is 2.43. The van der Waals surface area contributed by atoms with Crippen molar-refractivity contribution in [2.24, 2.45) is 5.92 Å². The Morgan fingerprint density at radius 1 is 1.14 bits per heavy atom. The Kier molecular flexibility index (Phi) is 6.68. The summed E-state index contributed by atoms with van der Waals surface area (Å²) in [6.45, 7) is 4.93. The third-order valence-electron chi connectivity index (χ3n) is 4.45. The number of amides is 1. The number of rotatable bonds is 3. The number of piperidine rings is 1. The Morgan fingerprint density at radius 3 is 2.50 bits per heavy atom. The third-order valence-corrected chi connectivity index (χ3v) is 4.98. The molecule has 1 aromatic rings. The van der Waals surface area contributed by atoms with Gasteiger partial charge in [0.25, 0.3) is 0 Å². The molecule has 122 valence electrons. The van der Waals surface area contributed by atoms with Crippen LogP contribution in [0.25, 0.3) is 0 Å². The van der Waals surface area contributed by atoms with E-state index in [0.717, 1.165) is 42.8 Å². The molecule has 3 rings (SSSR count). The van der Waals surface area contributed by atoms with Gasteiger partial charge in [0, 0.05) is 24.1 Å². The normalized spacial score (nSPS) is 23.7. The van der Waals surface area contributed by atoms with Crippen LogP contribution in [0.2, 0.25) is 0 Å². The van der Waals surface area contributed by atoms with Gasteiger partial charge in [0.1, 0.15) is 6.04 Å². The topological polar surface area (TPSA) is 44.4 Å². The molecule has 0 saturated carbocycles. The number of nitrogens with zero attached hydrogens (tertiary/aromatic N) is 1. The van der Waals surface area contributed by atoms with Gasteiger partial charge < -0.3 is 10.6 Å². The summed E-state index contributed by atoms with van der Waals surface area (Å²) >= 11 is 3.46. The second kappa shape index (κ2) is 8.29. The summed E-state index contributed by atoms with van der Waals surface area (Å²) in [5.41, 5.74) is 1.09. The van der Waals surface area contributed by atoms with E-state index < -0.39 is 0 Å². The highest BCUT2D eigenvalue weighted by Crippen LogP contribution is 2.27. The zero-order chi connectivity index (χ0) is 14.7. The molecule has 1 amide bonds. The van der Waals surface area contributed by atoms with Gasteiger partial charge in [-0.3, -0.25) is 9.69 Å². The summed E-state index contributed by atoms with van der Waals surface area (Å²) in [5.74, 6) is 0.840. The average Bonchev–Trinajstić information content (AvgIpc) is 2.50. The summed E-state index contributed by atoms with van der Waals surface area (Å²) in [4.78, 5) is 14.7. The summed E-state index contributed by atoms with van der Waals surface area (Å²) < 4.78 is 1.05. The van der Waals surface area contributed by atoms with Crippen molar-refractivity contribution < 1.29 is 4.79 Å². The summed E-state index contributed by atoms with van der Waals surface area (Å²) in [6, 6.07) is 7.99. The number of carbonyl (C=O) groups excluding carboxylic acids is 1. The van der Waals surface area contributed by atoms with Crippen molar-refractivity contribution in [1.82, 2.24) is 15.5 Å². The van der Waals surface area contributed by atoms with Crippen LogP contribution >= 0.6 is 28.3 Å². The predicted octanol–water partition coefficient (Wildman–Crippen LogP) is 2.34. The van der Waals surface area contributed by atoms with Crippen molar-refractivity contribution in [2.45, 2.75) is 18.9 Å². The number of piperazine rings is 1. The van der Waals surface area contributed by atoms with E-state index in [4.69, 9.17) is 0 Å². The lowest BCUT2D eigenvalue weighted by atomic mass is 9.95. The molecule has 2 aliphatic heterocycles. The highest BCUT2D eigenvalue weighted by Gasteiger charge is 2.32. The lowest BCUT2D eigenvalue weighted by Gasteiger charge is -2.38. The quantitative estimate of drug-likeness (QED) is 0.835. The molecule has 2 fully saturated rings. The lowest BCUT2D eigenvalue weighted by Crippen LogP contribution is -2.51. The fourth-order valence-corrected chi connectivity index (χ4v) is 3.58. The Bertz CT molecular complexity index is 491. The highest BCUT2D eigenvalue weighted by molar-refractivity contribution is 9.10. The molecule has 2 saturated heterocycles. The molecule has 1 atom stereocenters. The van der Waals surface area contributed by atoms with E-state index >= 15 is 0 Å². The van der Waals surface area contributed by atoms with Crippen LogP contribution in [0.1, 0.15) is 24.4 Å². The van der Waals surface area contributed by atoms with E-state index in [0.29, 0.717) is 5.92 Å². The first kappa shape index (κ1) is 17.7. The van der Waals surface area contributed by atoms with Gasteiger partial charge in [-0.15, -0.1) is 12.4 Å². The maximum Gasteiger partial charge on any atom is 0.242 e. The van der Waals surface area contributed by atoms with Gasteiger partial charge in [-0.05, 0) is 49.5 Å². The van der Waals surface area contributed by atoms with Crippen molar-refractivity contribution in [3.63, 3.8) is 0 Å². The van der Waals surface area contributed by atoms with Gasteiger partial charge in [0.2, 0.25) is 5.91 Å². The molecule has 4 nitrogen and oxygen atoms in total. The molecule has 22 heavy (non-hydrogen) atoms. The third kappa shape index (κ3) is 4.22. The van der Waals surface area contributed by atoms with Gasteiger partial charge in [-0.25, -0.2) is 0 Å². The Labute approximate surface area is 146 Å². The molecule has 0 spiro atoms. The van der Waals surface area contributed by atoms with Gasteiger partial charge in [-0.2, -0.15) is 0 Å². The second-order valence-corrected chi connectivity index (χ2v) is 6.85. The first-order valence-electron chi connectivity index (χ1n) is 7.72. The number of carbonyl (C=O) groups is 1. The molecule has 1 aromatic carbocycles. The number of hydrogen-bond acceptors (Lipinski definition) is 3. The van der Waals surface area contributed by atoms with Gasteiger partial charge in [0.05, 0.1) is 0 Å². The maximum atomic E-state index is 12.4. The van der Waals surface area contributed by atoms with Gasteiger partial charge >= 0.3 is 0 Å². The Hall–Kier alpha value is -0.620. The number of benzene rings is 1. The van der Waals surface area contributed by atoms with Crippen LogP contribution in [0.15, 0.2) is 28.7 Å². The van der Waals surface area contributed by atoms with E-state index in [9.17, 15) is 4.79 Å². The molecule has 2 N–H and O–H groups in total. The molecule has 0 aromatic heterocycles. The Balaban J connectivity index is 0.00000176. The van der Waals surface area contributed by atoms with Crippen molar-refractivity contribution in [3.8, 4) is 0 Å². The van der Waals surface area contributed by atoms with Gasteiger partial charge in [0.15, 0.2) is 0 Å².